The fourth-order valence-corrected chi connectivity index (χ4v) is 3.45. The third kappa shape index (κ3) is 4.49. The topological polar surface area (TPSA) is 94.6 Å². The number of aliphatic imine (C=N–C) groups is 1. The summed E-state index contributed by atoms with van der Waals surface area (Å²) >= 11 is 5.91. The molecule has 1 heterocycles. The molecule has 0 saturated heterocycles. The molecule has 0 saturated carbocycles. The maximum Gasteiger partial charge on any atom is 0.301 e. The maximum atomic E-state index is 14.9. The summed E-state index contributed by atoms with van der Waals surface area (Å²) in [5.74, 6) is -1.32. The summed E-state index contributed by atoms with van der Waals surface area (Å²) in [6.45, 7) is 6.88. The largest absolute Gasteiger partial charge is 0.345 e. The summed E-state index contributed by atoms with van der Waals surface area (Å²) in [6.07, 6.45) is 2.88. The van der Waals surface area contributed by atoms with Gasteiger partial charge in [-0.1, -0.05) is 24.6 Å². The first-order chi connectivity index (χ1) is 13.1. The number of nitrogens with one attached hydrogen (secondary N) is 2. The second-order valence-electron chi connectivity index (χ2n) is 5.87. The molecule has 2 rings (SSSR count). The molecule has 0 bridgehead atoms. The second-order valence-corrected chi connectivity index (χ2v) is 8.25. The minimum absolute atomic E-state index is 0.131. The molecule has 0 unspecified atom stereocenters. The third-order valence-corrected chi connectivity index (χ3v) is 5.65. The number of carbonyl (C=O) groups is 1. The Hall–Kier alpha value is -2.49. The van der Waals surface area contributed by atoms with Crippen molar-refractivity contribution < 1.29 is 17.6 Å². The van der Waals surface area contributed by atoms with Crippen LogP contribution >= 0.6 is 11.6 Å². The van der Waals surface area contributed by atoms with E-state index in [4.69, 9.17) is 11.6 Å². The van der Waals surface area contributed by atoms with E-state index in [1.165, 1.54) is 37.5 Å². The number of hydrogen-bond donors (Lipinski definition) is 2. The Morgan fingerprint density at radius 3 is 2.68 bits per heavy atom. The Labute approximate surface area is 168 Å². The van der Waals surface area contributed by atoms with Crippen LogP contribution in [-0.4, -0.2) is 43.8 Å². The van der Waals surface area contributed by atoms with Gasteiger partial charge in [0.15, 0.2) is 11.6 Å². The normalized spacial score (nSPS) is 12.3. The van der Waals surface area contributed by atoms with Crippen molar-refractivity contribution in [2.75, 3.05) is 18.3 Å². The smallest absolute Gasteiger partial charge is 0.301 e. The van der Waals surface area contributed by atoms with Gasteiger partial charge in [0.1, 0.15) is 5.82 Å². The lowest BCUT2D eigenvalue weighted by Crippen LogP contribution is -2.32. The summed E-state index contributed by atoms with van der Waals surface area (Å²) in [7, 11) is -2.59. The van der Waals surface area contributed by atoms with E-state index in [0.717, 1.165) is 4.31 Å². The number of aromatic amines is 1. The Kier molecular flexibility index (Phi) is 6.76. The number of benzene rings is 1. The second kappa shape index (κ2) is 8.68. The average molecular weight is 427 g/mol. The zero-order chi connectivity index (χ0) is 21.1. The number of carbonyl (C=O) groups excluding carboxylic acids is 1. The lowest BCUT2D eigenvalue weighted by atomic mass is 10.0. The molecule has 1 aromatic carbocycles. The number of rotatable bonds is 8. The van der Waals surface area contributed by atoms with Crippen LogP contribution in [0.15, 0.2) is 34.4 Å². The molecule has 150 valence electrons. The van der Waals surface area contributed by atoms with Gasteiger partial charge < -0.3 is 4.98 Å². The van der Waals surface area contributed by atoms with Gasteiger partial charge in [0.2, 0.25) is 0 Å². The van der Waals surface area contributed by atoms with Gasteiger partial charge in [0.25, 0.3) is 0 Å². The molecule has 0 fully saturated rings. The predicted octanol–water partition coefficient (Wildman–Crippen LogP) is 3.92. The first-order valence-corrected chi connectivity index (χ1v) is 10.0. The summed E-state index contributed by atoms with van der Waals surface area (Å²) in [6, 6.07) is 3.90. The zero-order valence-corrected chi connectivity index (χ0v) is 17.2. The number of ketones is 1. The van der Waals surface area contributed by atoms with E-state index in [1.54, 1.807) is 13.8 Å². The third-order valence-electron chi connectivity index (χ3n) is 3.98. The molecule has 0 aliphatic carbocycles. The Bertz CT molecular complexity index is 1040. The molecule has 2 aromatic rings. The number of anilines is 1. The number of aromatic nitrogens is 1. The molecule has 7 nitrogen and oxygen atoms in total. The molecule has 0 aliphatic rings. The highest BCUT2D eigenvalue weighted by Crippen LogP contribution is 2.29. The van der Waals surface area contributed by atoms with Gasteiger partial charge in [-0.25, -0.2) is 9.38 Å². The fraction of sp³-hybridized carbons (Fsp3) is 0.222. The van der Waals surface area contributed by atoms with Crippen molar-refractivity contribution in [2.45, 2.75) is 13.8 Å². The van der Waals surface area contributed by atoms with Crippen LogP contribution in [0.1, 0.15) is 35.3 Å². The molecular formula is C18H20ClFN4O3S. The maximum absolute atomic E-state index is 14.9. The van der Waals surface area contributed by atoms with Crippen LogP contribution in [-0.2, 0) is 10.2 Å². The zero-order valence-electron chi connectivity index (χ0n) is 15.6. The van der Waals surface area contributed by atoms with Crippen molar-refractivity contribution in [1.29, 1.82) is 0 Å². The monoisotopic (exact) mass is 426 g/mol. The molecule has 0 atom stereocenters. The molecule has 0 amide bonds. The van der Waals surface area contributed by atoms with Crippen molar-refractivity contribution in [3.05, 3.63) is 51.9 Å². The summed E-state index contributed by atoms with van der Waals surface area (Å²) in [4.78, 5) is 19.5. The number of nitrogens with zero attached hydrogens (tertiary/aromatic N) is 2. The van der Waals surface area contributed by atoms with E-state index < -0.39 is 21.8 Å². The van der Waals surface area contributed by atoms with Crippen molar-refractivity contribution in [2.24, 2.45) is 4.99 Å². The Balaban J connectivity index is 2.51. The van der Waals surface area contributed by atoms with Crippen LogP contribution in [0.3, 0.4) is 0 Å². The highest BCUT2D eigenvalue weighted by molar-refractivity contribution is 7.90. The quantitative estimate of drug-likeness (QED) is 0.494. The van der Waals surface area contributed by atoms with E-state index >= 15 is 0 Å². The van der Waals surface area contributed by atoms with Crippen molar-refractivity contribution in [3.63, 3.8) is 0 Å². The van der Waals surface area contributed by atoms with Gasteiger partial charge in [0.05, 0.1) is 11.3 Å². The first-order valence-electron chi connectivity index (χ1n) is 8.21. The highest BCUT2D eigenvalue weighted by Gasteiger charge is 2.24. The lowest BCUT2D eigenvalue weighted by Gasteiger charge is -2.17. The van der Waals surface area contributed by atoms with Gasteiger partial charge in [-0.2, -0.15) is 12.7 Å². The van der Waals surface area contributed by atoms with E-state index in [9.17, 15) is 17.6 Å². The van der Waals surface area contributed by atoms with E-state index in [1.807, 2.05) is 0 Å². The van der Waals surface area contributed by atoms with Crippen LogP contribution in [0, 0.1) is 5.82 Å². The van der Waals surface area contributed by atoms with Crippen LogP contribution in [0.25, 0.3) is 6.08 Å². The van der Waals surface area contributed by atoms with Gasteiger partial charge in [-0.05, 0) is 31.9 Å². The SMILES string of the molecule is C=Nc1[nH]cc(C(=O)c2cccc(NS(=O)(=O)N(C)CC)c2F)c1/C=C(\C)Cl. The molecule has 0 spiro atoms. The Morgan fingerprint density at radius 1 is 1.43 bits per heavy atom. The molecular weight excluding hydrogens is 407 g/mol. The lowest BCUT2D eigenvalue weighted by molar-refractivity contribution is 0.103. The van der Waals surface area contributed by atoms with E-state index in [0.29, 0.717) is 16.4 Å². The van der Waals surface area contributed by atoms with Crippen molar-refractivity contribution in [1.82, 2.24) is 9.29 Å². The van der Waals surface area contributed by atoms with Gasteiger partial charge in [-0.15, -0.1) is 0 Å². The summed E-state index contributed by atoms with van der Waals surface area (Å²) in [5, 5.41) is 0.392. The number of halogens is 2. The van der Waals surface area contributed by atoms with Gasteiger partial charge in [-0.3, -0.25) is 9.52 Å². The van der Waals surface area contributed by atoms with Crippen LogP contribution in [0.2, 0.25) is 0 Å². The number of allylic oxidation sites excluding steroid dienone is 1. The van der Waals surface area contributed by atoms with Crippen LogP contribution in [0.4, 0.5) is 15.9 Å². The van der Waals surface area contributed by atoms with Gasteiger partial charge in [0, 0.05) is 35.9 Å². The summed E-state index contributed by atoms with van der Waals surface area (Å²) < 4.78 is 42.4. The minimum atomic E-state index is -3.94. The van der Waals surface area contributed by atoms with Crippen molar-refractivity contribution >= 4 is 51.9 Å². The van der Waals surface area contributed by atoms with E-state index in [-0.39, 0.29) is 23.4 Å². The van der Waals surface area contributed by atoms with Gasteiger partial charge >= 0.3 is 10.2 Å². The Morgan fingerprint density at radius 2 is 2.11 bits per heavy atom. The number of hydrogen-bond acceptors (Lipinski definition) is 4. The standard InChI is InChI=1S/C18H20ClFN4O3S/c1-5-24(4)28(26,27)23-15-8-6-7-12(16(15)20)17(25)14-10-22-18(21-3)13(14)9-11(2)19/h6-10,22-23H,3,5H2,1-2,4H3/b11-9+. The van der Waals surface area contributed by atoms with Crippen LogP contribution < -0.4 is 4.72 Å². The predicted molar refractivity (Wildman–Crippen MR) is 110 cm³/mol. The molecule has 1 aromatic heterocycles. The highest BCUT2D eigenvalue weighted by atomic mass is 35.5. The average Bonchev–Trinajstić information content (AvgIpc) is 3.03. The fourth-order valence-electron chi connectivity index (χ4n) is 2.41. The summed E-state index contributed by atoms with van der Waals surface area (Å²) in [5.41, 5.74) is -0.124. The van der Waals surface area contributed by atoms with E-state index in [2.05, 4.69) is 21.4 Å². The molecule has 28 heavy (non-hydrogen) atoms. The minimum Gasteiger partial charge on any atom is -0.345 e. The molecule has 2 N–H and O–H groups in total. The molecule has 0 aliphatic heterocycles. The first kappa shape index (κ1) is 21.8. The molecule has 0 radical (unpaired) electrons. The number of H-pyrrole nitrogens is 1. The van der Waals surface area contributed by atoms with Crippen molar-refractivity contribution in [3.8, 4) is 0 Å². The molecule has 10 heteroatoms. The van der Waals surface area contributed by atoms with Crippen LogP contribution in [0.5, 0.6) is 0 Å².